The van der Waals surface area contributed by atoms with Crippen molar-refractivity contribution in [1.82, 2.24) is 5.32 Å². The van der Waals surface area contributed by atoms with E-state index in [1.807, 2.05) is 0 Å². The van der Waals surface area contributed by atoms with Crippen molar-refractivity contribution >= 4 is 29.6 Å². The minimum absolute atomic E-state index is 0.210. The third-order valence-electron chi connectivity index (χ3n) is 1.84. The van der Waals surface area contributed by atoms with E-state index in [1.165, 1.54) is 18.7 Å². The third-order valence-corrected chi connectivity index (χ3v) is 2.96. The van der Waals surface area contributed by atoms with Crippen molar-refractivity contribution in [2.45, 2.75) is 25.4 Å². The Morgan fingerprint density at radius 3 is 2.29 bits per heavy atom. The summed E-state index contributed by atoms with van der Waals surface area (Å²) in [6.07, 6.45) is 0.228. The predicted octanol–water partition coefficient (Wildman–Crippen LogP) is -0.889. The molecule has 0 heterocycles. The van der Waals surface area contributed by atoms with E-state index >= 15 is 0 Å². The molecule has 5 N–H and O–H groups in total. The number of hydrogen-bond acceptors (Lipinski definition) is 5. The zero-order valence-corrected chi connectivity index (χ0v) is 10.2. The highest BCUT2D eigenvalue weighted by atomic mass is 32.2. The minimum atomic E-state index is -1.11. The summed E-state index contributed by atoms with van der Waals surface area (Å²) >= 11 is 1.24. The van der Waals surface area contributed by atoms with Gasteiger partial charge in [-0.2, -0.15) is 11.8 Å². The summed E-state index contributed by atoms with van der Waals surface area (Å²) in [4.78, 5) is 31.8. The Morgan fingerprint density at radius 1 is 1.29 bits per heavy atom. The molecule has 0 fully saturated rings. The van der Waals surface area contributed by atoms with E-state index in [0.717, 1.165) is 0 Å². The standard InChI is InChI=1S/C9H16N2O5S/c1-5(12)11-7(9(15)16)2-3-17-4-6(10)8(13)14/h6-7H,2-4,10H2,1H3,(H,11,12)(H,13,14)(H,15,16). The van der Waals surface area contributed by atoms with Crippen LogP contribution < -0.4 is 11.1 Å². The predicted molar refractivity (Wildman–Crippen MR) is 62.8 cm³/mol. The van der Waals surface area contributed by atoms with Gasteiger partial charge >= 0.3 is 11.9 Å². The number of carboxylic acids is 2. The number of carbonyl (C=O) groups excluding carboxylic acids is 1. The Kier molecular flexibility index (Phi) is 7.31. The molecule has 1 amide bonds. The van der Waals surface area contributed by atoms with Gasteiger partial charge < -0.3 is 21.3 Å². The van der Waals surface area contributed by atoms with Gasteiger partial charge in [0.2, 0.25) is 5.91 Å². The second-order valence-corrected chi connectivity index (χ2v) is 4.55. The molecule has 0 aromatic rings. The number of thioether (sulfide) groups is 1. The fourth-order valence-electron chi connectivity index (χ4n) is 0.986. The average Bonchev–Trinajstić information content (AvgIpc) is 2.21. The maximum Gasteiger partial charge on any atom is 0.326 e. The molecule has 8 heteroatoms. The molecule has 0 aliphatic carbocycles. The SMILES string of the molecule is CC(=O)NC(CCSCC(N)C(=O)O)C(=O)O. The lowest BCUT2D eigenvalue weighted by molar-refractivity contribution is -0.141. The van der Waals surface area contributed by atoms with Crippen LogP contribution in [0.2, 0.25) is 0 Å². The van der Waals surface area contributed by atoms with Crippen molar-refractivity contribution in [2.75, 3.05) is 11.5 Å². The summed E-state index contributed by atoms with van der Waals surface area (Å²) in [6, 6.07) is -1.90. The molecule has 7 nitrogen and oxygen atoms in total. The van der Waals surface area contributed by atoms with Crippen LogP contribution >= 0.6 is 11.8 Å². The Bertz CT molecular complexity index is 297. The van der Waals surface area contributed by atoms with Crippen molar-refractivity contribution in [1.29, 1.82) is 0 Å². The van der Waals surface area contributed by atoms with Crippen molar-refractivity contribution in [2.24, 2.45) is 5.73 Å². The van der Waals surface area contributed by atoms with Crippen molar-refractivity contribution < 1.29 is 24.6 Å². The molecule has 0 bridgehead atoms. The van der Waals surface area contributed by atoms with Crippen LogP contribution in [0.15, 0.2) is 0 Å². The van der Waals surface area contributed by atoms with Gasteiger partial charge in [-0.1, -0.05) is 0 Å². The highest BCUT2D eigenvalue weighted by molar-refractivity contribution is 7.99. The summed E-state index contributed by atoms with van der Waals surface area (Å²) in [5, 5.41) is 19.6. The molecule has 0 saturated heterocycles. The van der Waals surface area contributed by atoms with Crippen LogP contribution in [-0.4, -0.2) is 51.6 Å². The fraction of sp³-hybridized carbons (Fsp3) is 0.667. The Hall–Kier alpha value is -1.28. The maximum absolute atomic E-state index is 10.7. The highest BCUT2D eigenvalue weighted by Crippen LogP contribution is 2.06. The van der Waals surface area contributed by atoms with E-state index in [4.69, 9.17) is 15.9 Å². The Labute approximate surface area is 103 Å². The van der Waals surface area contributed by atoms with Gasteiger partial charge in [-0.05, 0) is 12.2 Å². The van der Waals surface area contributed by atoms with Crippen LogP contribution in [0.3, 0.4) is 0 Å². The van der Waals surface area contributed by atoms with E-state index in [2.05, 4.69) is 5.32 Å². The van der Waals surface area contributed by atoms with Crippen molar-refractivity contribution in [3.8, 4) is 0 Å². The van der Waals surface area contributed by atoms with Crippen LogP contribution in [0.5, 0.6) is 0 Å². The topological polar surface area (TPSA) is 130 Å². The molecular formula is C9H16N2O5S. The molecule has 17 heavy (non-hydrogen) atoms. The highest BCUT2D eigenvalue weighted by Gasteiger charge is 2.18. The lowest BCUT2D eigenvalue weighted by Crippen LogP contribution is -2.40. The first-order valence-corrected chi connectivity index (χ1v) is 6.06. The summed E-state index contributed by atoms with van der Waals surface area (Å²) in [7, 11) is 0. The molecule has 0 rings (SSSR count). The molecule has 98 valence electrons. The zero-order valence-electron chi connectivity index (χ0n) is 9.38. The number of rotatable bonds is 8. The molecule has 2 atom stereocenters. The lowest BCUT2D eigenvalue weighted by Gasteiger charge is -2.13. The largest absolute Gasteiger partial charge is 0.480 e. The average molecular weight is 264 g/mol. The lowest BCUT2D eigenvalue weighted by atomic mass is 10.2. The van der Waals surface area contributed by atoms with Gasteiger partial charge in [0.05, 0.1) is 0 Å². The van der Waals surface area contributed by atoms with E-state index in [0.29, 0.717) is 5.75 Å². The minimum Gasteiger partial charge on any atom is -0.480 e. The summed E-state index contributed by atoms with van der Waals surface area (Å²) in [6.45, 7) is 1.24. The first kappa shape index (κ1) is 15.7. The number of hydrogen-bond donors (Lipinski definition) is 4. The molecule has 0 aliphatic heterocycles. The molecule has 0 aromatic heterocycles. The van der Waals surface area contributed by atoms with Gasteiger partial charge in [-0.25, -0.2) is 4.79 Å². The molecule has 0 aromatic carbocycles. The van der Waals surface area contributed by atoms with Crippen LogP contribution in [0.25, 0.3) is 0 Å². The zero-order chi connectivity index (χ0) is 13.4. The molecule has 2 unspecified atom stereocenters. The number of amides is 1. The molecule has 0 spiro atoms. The smallest absolute Gasteiger partial charge is 0.326 e. The van der Waals surface area contributed by atoms with E-state index in [1.54, 1.807) is 0 Å². The van der Waals surface area contributed by atoms with Gasteiger partial charge in [0, 0.05) is 12.7 Å². The van der Waals surface area contributed by atoms with Crippen LogP contribution in [0, 0.1) is 0 Å². The summed E-state index contributed by atoms with van der Waals surface area (Å²) in [5.74, 6) is -1.98. The van der Waals surface area contributed by atoms with E-state index < -0.39 is 29.9 Å². The fourth-order valence-corrected chi connectivity index (χ4v) is 1.95. The first-order chi connectivity index (χ1) is 7.84. The van der Waals surface area contributed by atoms with Crippen LogP contribution in [0.1, 0.15) is 13.3 Å². The Morgan fingerprint density at radius 2 is 1.88 bits per heavy atom. The molecule has 0 saturated carbocycles. The number of carboxylic acid groups (broad SMARTS) is 2. The van der Waals surface area contributed by atoms with Gasteiger partial charge in [0.25, 0.3) is 0 Å². The van der Waals surface area contributed by atoms with Gasteiger partial charge in [-0.3, -0.25) is 9.59 Å². The monoisotopic (exact) mass is 264 g/mol. The quantitative estimate of drug-likeness (QED) is 0.418. The summed E-state index contributed by atoms with van der Waals surface area (Å²) < 4.78 is 0. The van der Waals surface area contributed by atoms with Crippen LogP contribution in [0.4, 0.5) is 0 Å². The normalized spacial score (nSPS) is 13.8. The van der Waals surface area contributed by atoms with Gasteiger partial charge in [0.15, 0.2) is 0 Å². The van der Waals surface area contributed by atoms with Crippen LogP contribution in [-0.2, 0) is 14.4 Å². The Balaban J connectivity index is 3.87. The number of nitrogens with one attached hydrogen (secondary N) is 1. The summed E-state index contributed by atoms with van der Waals surface area (Å²) in [5.41, 5.74) is 5.27. The maximum atomic E-state index is 10.7. The number of nitrogens with two attached hydrogens (primary N) is 1. The molecule has 0 aliphatic rings. The third kappa shape index (κ3) is 7.58. The first-order valence-electron chi connectivity index (χ1n) is 4.90. The second kappa shape index (κ2) is 7.91. The molecule has 0 radical (unpaired) electrons. The van der Waals surface area contributed by atoms with Gasteiger partial charge in [0.1, 0.15) is 12.1 Å². The van der Waals surface area contributed by atoms with Crippen molar-refractivity contribution in [3.05, 3.63) is 0 Å². The second-order valence-electron chi connectivity index (χ2n) is 3.40. The van der Waals surface area contributed by atoms with E-state index in [-0.39, 0.29) is 12.2 Å². The van der Waals surface area contributed by atoms with E-state index in [9.17, 15) is 14.4 Å². The van der Waals surface area contributed by atoms with Crippen molar-refractivity contribution in [3.63, 3.8) is 0 Å². The molecular weight excluding hydrogens is 248 g/mol. The van der Waals surface area contributed by atoms with Gasteiger partial charge in [-0.15, -0.1) is 0 Å². The number of carbonyl (C=O) groups is 3. The number of aliphatic carboxylic acids is 2.